The molecule has 2 unspecified atom stereocenters. The lowest BCUT2D eigenvalue weighted by molar-refractivity contribution is -0.123. The van der Waals surface area contributed by atoms with Crippen LogP contribution < -0.4 is 5.32 Å². The lowest BCUT2D eigenvalue weighted by Crippen LogP contribution is -2.45. The summed E-state index contributed by atoms with van der Waals surface area (Å²) in [5, 5.41) is 23.1. The van der Waals surface area contributed by atoms with E-state index in [4.69, 9.17) is 0 Å². The molecule has 0 aliphatic carbocycles. The minimum Gasteiger partial charge on any atom is -0.394 e. The van der Waals surface area contributed by atoms with Crippen LogP contribution in [-0.2, 0) is 4.79 Å². The van der Waals surface area contributed by atoms with Gasteiger partial charge in [0.1, 0.15) is 0 Å². The van der Waals surface area contributed by atoms with Crippen LogP contribution in [0.25, 0.3) is 0 Å². The molecule has 2 atom stereocenters. The molecule has 4 nitrogen and oxygen atoms in total. The van der Waals surface area contributed by atoms with E-state index in [1.807, 2.05) is 6.08 Å². The van der Waals surface area contributed by atoms with Crippen molar-refractivity contribution in [3.63, 3.8) is 0 Å². The highest BCUT2D eigenvalue weighted by atomic mass is 16.3. The first kappa shape index (κ1) is 57.1. The van der Waals surface area contributed by atoms with E-state index in [2.05, 4.69) is 19.2 Å². The topological polar surface area (TPSA) is 69.6 Å². The molecule has 0 aromatic heterocycles. The van der Waals surface area contributed by atoms with Gasteiger partial charge in [-0.05, 0) is 19.3 Å². The molecule has 0 heterocycles. The minimum atomic E-state index is -0.834. The lowest BCUT2D eigenvalue weighted by Gasteiger charge is -2.20. The number of hydrogen-bond acceptors (Lipinski definition) is 3. The molecule has 58 heavy (non-hydrogen) atoms. The third-order valence-electron chi connectivity index (χ3n) is 12.8. The van der Waals surface area contributed by atoms with Crippen molar-refractivity contribution in [2.45, 2.75) is 321 Å². The highest BCUT2D eigenvalue weighted by Gasteiger charge is 2.18. The molecule has 0 aromatic carbocycles. The Balaban J connectivity index is 3.40. The number of allylic oxidation sites excluding steroid dienone is 1. The van der Waals surface area contributed by atoms with Crippen molar-refractivity contribution >= 4 is 5.91 Å². The second kappa shape index (κ2) is 50.5. The maximum Gasteiger partial charge on any atom is 0.220 e. The van der Waals surface area contributed by atoms with Gasteiger partial charge in [0.05, 0.1) is 18.8 Å². The number of rotatable bonds is 50. The quantitative estimate of drug-likeness (QED) is 0.0423. The zero-order chi connectivity index (χ0) is 42.1. The molecule has 0 spiro atoms. The molecule has 0 saturated heterocycles. The van der Waals surface area contributed by atoms with Crippen molar-refractivity contribution in [3.05, 3.63) is 12.2 Å². The summed E-state index contributed by atoms with van der Waals surface area (Å²) in [5.41, 5.74) is 0. The first-order valence-electron chi connectivity index (χ1n) is 26.9. The van der Waals surface area contributed by atoms with Crippen molar-refractivity contribution in [2.24, 2.45) is 0 Å². The molecule has 0 aromatic rings. The average molecular weight is 818 g/mol. The fraction of sp³-hybridized carbons (Fsp3) is 0.944. The van der Waals surface area contributed by atoms with Crippen LogP contribution in [0.15, 0.2) is 12.2 Å². The van der Waals surface area contributed by atoms with Crippen LogP contribution >= 0.6 is 0 Å². The van der Waals surface area contributed by atoms with Gasteiger partial charge in [0.25, 0.3) is 0 Å². The molecule has 0 aliphatic heterocycles. The number of hydrogen-bond donors (Lipinski definition) is 3. The van der Waals surface area contributed by atoms with Crippen molar-refractivity contribution < 1.29 is 15.0 Å². The van der Waals surface area contributed by atoms with E-state index in [1.165, 1.54) is 263 Å². The highest BCUT2D eigenvalue weighted by Crippen LogP contribution is 2.18. The van der Waals surface area contributed by atoms with Gasteiger partial charge in [-0.15, -0.1) is 0 Å². The number of amides is 1. The monoisotopic (exact) mass is 818 g/mol. The normalized spacial score (nSPS) is 12.8. The average Bonchev–Trinajstić information content (AvgIpc) is 3.23. The highest BCUT2D eigenvalue weighted by molar-refractivity contribution is 5.76. The van der Waals surface area contributed by atoms with Gasteiger partial charge in [0.15, 0.2) is 0 Å². The molecule has 0 bridgehead atoms. The van der Waals surface area contributed by atoms with E-state index in [0.29, 0.717) is 6.42 Å². The number of aliphatic hydroxyl groups excluding tert-OH is 2. The lowest BCUT2D eigenvalue weighted by atomic mass is 10.0. The third-order valence-corrected chi connectivity index (χ3v) is 12.8. The molecule has 1 amide bonds. The molecule has 0 rings (SSSR count). The summed E-state index contributed by atoms with van der Waals surface area (Å²) in [6, 6.07) is -0.617. The van der Waals surface area contributed by atoms with Crippen molar-refractivity contribution in [2.75, 3.05) is 6.61 Å². The molecular weight excluding hydrogens is 711 g/mol. The van der Waals surface area contributed by atoms with E-state index < -0.39 is 12.1 Å². The van der Waals surface area contributed by atoms with Crippen LogP contribution in [0.2, 0.25) is 0 Å². The molecule has 0 aliphatic rings. The Bertz CT molecular complexity index is 799. The Morgan fingerprint density at radius 2 is 0.638 bits per heavy atom. The standard InChI is InChI=1S/C54H107NO3/c1-3-5-7-9-11-13-15-17-19-20-21-22-23-24-25-26-27-28-29-30-31-32-33-34-36-38-40-42-44-46-48-50-54(58)55-52(51-56)53(57)49-47-45-43-41-39-37-35-18-16-14-12-10-8-6-4-2/h47,49,52-53,56-57H,3-46,48,50-51H2,1-2H3,(H,55,58)/b49-47+. The summed E-state index contributed by atoms with van der Waals surface area (Å²) in [7, 11) is 0. The molecule has 0 fully saturated rings. The number of nitrogens with one attached hydrogen (secondary N) is 1. The van der Waals surface area contributed by atoms with Gasteiger partial charge in [-0.3, -0.25) is 4.79 Å². The number of carbonyl (C=O) groups is 1. The van der Waals surface area contributed by atoms with Crippen molar-refractivity contribution in [1.29, 1.82) is 0 Å². The van der Waals surface area contributed by atoms with Crippen LogP contribution in [-0.4, -0.2) is 34.9 Å². The van der Waals surface area contributed by atoms with E-state index >= 15 is 0 Å². The van der Waals surface area contributed by atoms with Gasteiger partial charge >= 0.3 is 0 Å². The Kier molecular flexibility index (Phi) is 49.7. The minimum absolute atomic E-state index is 0.0570. The second-order valence-electron chi connectivity index (χ2n) is 18.7. The fourth-order valence-corrected chi connectivity index (χ4v) is 8.65. The van der Waals surface area contributed by atoms with Gasteiger partial charge in [0, 0.05) is 6.42 Å². The summed E-state index contributed by atoms with van der Waals surface area (Å²) in [6.45, 7) is 4.34. The number of aliphatic hydroxyl groups is 2. The molecule has 3 N–H and O–H groups in total. The first-order valence-corrected chi connectivity index (χ1v) is 26.9. The van der Waals surface area contributed by atoms with Crippen LogP contribution in [0.5, 0.6) is 0 Å². The molecule has 4 heteroatoms. The fourth-order valence-electron chi connectivity index (χ4n) is 8.65. The Labute approximate surface area is 365 Å². The molecule has 0 saturated carbocycles. The Morgan fingerprint density at radius 3 is 0.897 bits per heavy atom. The maximum atomic E-state index is 12.4. The summed E-state index contributed by atoms with van der Waals surface area (Å²) >= 11 is 0. The number of carbonyl (C=O) groups excluding carboxylic acids is 1. The zero-order valence-corrected chi connectivity index (χ0v) is 39.8. The van der Waals surface area contributed by atoms with Crippen LogP contribution in [0, 0.1) is 0 Å². The van der Waals surface area contributed by atoms with E-state index in [9.17, 15) is 15.0 Å². The Hall–Kier alpha value is -0.870. The van der Waals surface area contributed by atoms with Crippen molar-refractivity contribution in [3.8, 4) is 0 Å². The summed E-state index contributed by atoms with van der Waals surface area (Å²) in [6.07, 6.45) is 65.1. The van der Waals surface area contributed by atoms with Gasteiger partial charge in [-0.1, -0.05) is 296 Å². The molecular formula is C54H107NO3. The predicted octanol–water partition coefficient (Wildman–Crippen LogP) is 17.4. The summed E-state index contributed by atoms with van der Waals surface area (Å²) in [4.78, 5) is 12.4. The summed E-state index contributed by atoms with van der Waals surface area (Å²) in [5.74, 6) is -0.0570. The molecule has 346 valence electrons. The summed E-state index contributed by atoms with van der Waals surface area (Å²) < 4.78 is 0. The van der Waals surface area contributed by atoms with Crippen LogP contribution in [0.1, 0.15) is 309 Å². The van der Waals surface area contributed by atoms with E-state index in [1.54, 1.807) is 6.08 Å². The van der Waals surface area contributed by atoms with Crippen LogP contribution in [0.3, 0.4) is 0 Å². The van der Waals surface area contributed by atoms with E-state index in [0.717, 1.165) is 25.7 Å². The smallest absolute Gasteiger partial charge is 0.220 e. The van der Waals surface area contributed by atoms with Crippen molar-refractivity contribution in [1.82, 2.24) is 5.32 Å². The SMILES string of the molecule is CCCCCCCCCCCCCCC/C=C/C(O)C(CO)NC(=O)CCCCCCCCCCCCCCCCCCCCCCCCCCCCCCCCC. The maximum absolute atomic E-state index is 12.4. The van der Waals surface area contributed by atoms with Gasteiger partial charge < -0.3 is 15.5 Å². The molecule has 0 radical (unpaired) electrons. The second-order valence-corrected chi connectivity index (χ2v) is 18.7. The van der Waals surface area contributed by atoms with Gasteiger partial charge in [-0.2, -0.15) is 0 Å². The Morgan fingerprint density at radius 1 is 0.397 bits per heavy atom. The largest absolute Gasteiger partial charge is 0.394 e. The zero-order valence-electron chi connectivity index (χ0n) is 39.8. The number of unbranched alkanes of at least 4 members (excludes halogenated alkanes) is 43. The third kappa shape index (κ3) is 46.2. The van der Waals surface area contributed by atoms with Gasteiger partial charge in [-0.25, -0.2) is 0 Å². The first-order chi connectivity index (χ1) is 28.7. The van der Waals surface area contributed by atoms with Gasteiger partial charge in [0.2, 0.25) is 5.91 Å². The predicted molar refractivity (Wildman–Crippen MR) is 258 cm³/mol. The van der Waals surface area contributed by atoms with E-state index in [-0.39, 0.29) is 12.5 Å². The van der Waals surface area contributed by atoms with Crippen LogP contribution in [0.4, 0.5) is 0 Å².